The maximum atomic E-state index is 13.1. The average molecular weight is 726 g/mol. The second kappa shape index (κ2) is 14.1. The fourth-order valence-corrected chi connectivity index (χ4v) is 7.72. The van der Waals surface area contributed by atoms with Gasteiger partial charge in [0.15, 0.2) is 0 Å². The van der Waals surface area contributed by atoms with Crippen LogP contribution in [0.1, 0.15) is 54.3 Å². The van der Waals surface area contributed by atoms with E-state index in [1.54, 1.807) is 29.3 Å². The Balaban J connectivity index is 0.827. The highest BCUT2D eigenvalue weighted by Crippen LogP contribution is 2.35. The van der Waals surface area contributed by atoms with Crippen molar-refractivity contribution in [2.75, 3.05) is 54.4 Å². The first kappa shape index (κ1) is 34.5. The zero-order valence-corrected chi connectivity index (χ0v) is 28.9. The molecule has 3 fully saturated rings. The first-order chi connectivity index (χ1) is 25.6. The number of aromatic nitrogens is 4. The van der Waals surface area contributed by atoms with Crippen LogP contribution >= 0.6 is 0 Å². The fraction of sp³-hybridized carbons (Fsp3) is 0.368. The lowest BCUT2D eigenvalue weighted by atomic mass is 9.85. The molecule has 2 N–H and O–H groups in total. The van der Waals surface area contributed by atoms with Gasteiger partial charge in [-0.15, -0.1) is 0 Å². The van der Waals surface area contributed by atoms with Crippen molar-refractivity contribution in [2.24, 2.45) is 5.92 Å². The number of amides is 4. The van der Waals surface area contributed by atoms with Crippen molar-refractivity contribution >= 4 is 56.6 Å². The molecule has 8 rings (SSSR count). The van der Waals surface area contributed by atoms with Crippen LogP contribution in [0.15, 0.2) is 73.2 Å². The van der Waals surface area contributed by atoms with E-state index in [-0.39, 0.29) is 24.1 Å². The number of alkyl halides is 3. The third kappa shape index (κ3) is 7.38. The summed E-state index contributed by atoms with van der Waals surface area (Å²) in [6.07, 6.45) is 5.35. The molecule has 3 aromatic heterocycles. The standard InChI is InChI=1S/C38H38F3N9O3/c39-38(40,41)34-3-1-2-32(44-34)36(52)43-27-6-11-31-26(18-27)23-50(46-31)28-7-4-24(5-8-28)22-47-14-16-48(17-15-47)29-9-10-30-25(19-29)20-42-21-33(30)49-13-12-35(51)45-37(49)53/h1-3,6,9-11,18-21,23-24,28H,4-5,7-8,12-17,22H2,(H,43,52)(H,45,51,53). The van der Waals surface area contributed by atoms with E-state index in [1.165, 1.54) is 12.1 Å². The number of anilines is 3. The zero-order chi connectivity index (χ0) is 36.7. The molecule has 1 saturated carbocycles. The quantitative estimate of drug-likeness (QED) is 0.202. The zero-order valence-electron chi connectivity index (χ0n) is 28.9. The number of fused-ring (bicyclic) bond motifs is 2. The second-order valence-corrected chi connectivity index (χ2v) is 14.0. The van der Waals surface area contributed by atoms with Crippen LogP contribution in [0, 0.1) is 5.92 Å². The Bertz CT molecular complexity index is 2190. The highest BCUT2D eigenvalue weighted by atomic mass is 19.4. The average Bonchev–Trinajstić information content (AvgIpc) is 3.58. The maximum Gasteiger partial charge on any atom is 0.433 e. The minimum absolute atomic E-state index is 0.261. The number of nitrogens with zero attached hydrogens (tertiary/aromatic N) is 7. The fourth-order valence-electron chi connectivity index (χ4n) is 7.72. The van der Waals surface area contributed by atoms with Gasteiger partial charge in [-0.1, -0.05) is 12.1 Å². The summed E-state index contributed by atoms with van der Waals surface area (Å²) in [7, 11) is 0. The van der Waals surface area contributed by atoms with Gasteiger partial charge >= 0.3 is 12.2 Å². The van der Waals surface area contributed by atoms with E-state index in [0.717, 1.165) is 91.8 Å². The molecule has 0 radical (unpaired) electrons. The van der Waals surface area contributed by atoms with Gasteiger partial charge in [0.1, 0.15) is 11.4 Å². The number of urea groups is 1. The Morgan fingerprint density at radius 1 is 0.906 bits per heavy atom. The Morgan fingerprint density at radius 3 is 2.49 bits per heavy atom. The van der Waals surface area contributed by atoms with Gasteiger partial charge < -0.3 is 10.2 Å². The lowest BCUT2D eigenvalue weighted by Gasteiger charge is -2.39. The summed E-state index contributed by atoms with van der Waals surface area (Å²) in [4.78, 5) is 51.2. The van der Waals surface area contributed by atoms with Crippen LogP contribution in [-0.2, 0) is 11.0 Å². The van der Waals surface area contributed by atoms with Gasteiger partial charge in [0.05, 0.1) is 23.4 Å². The first-order valence-electron chi connectivity index (χ1n) is 17.9. The van der Waals surface area contributed by atoms with Crippen LogP contribution in [0.3, 0.4) is 0 Å². The number of pyridine rings is 2. The van der Waals surface area contributed by atoms with Crippen molar-refractivity contribution < 1.29 is 27.6 Å². The normalized spacial score (nSPS) is 20.2. The van der Waals surface area contributed by atoms with Crippen LogP contribution in [0.25, 0.3) is 21.7 Å². The Hall–Kier alpha value is -5.57. The van der Waals surface area contributed by atoms with E-state index in [9.17, 15) is 27.6 Å². The molecular weight excluding hydrogens is 687 g/mol. The second-order valence-electron chi connectivity index (χ2n) is 14.0. The van der Waals surface area contributed by atoms with E-state index in [4.69, 9.17) is 5.10 Å². The predicted molar refractivity (Wildman–Crippen MR) is 194 cm³/mol. The maximum absolute atomic E-state index is 13.1. The summed E-state index contributed by atoms with van der Waals surface area (Å²) in [5, 5.41) is 12.6. The summed E-state index contributed by atoms with van der Waals surface area (Å²) >= 11 is 0. The van der Waals surface area contributed by atoms with Crippen molar-refractivity contribution in [3.8, 4) is 0 Å². The van der Waals surface area contributed by atoms with Crippen molar-refractivity contribution in [3.63, 3.8) is 0 Å². The molecule has 15 heteroatoms. The molecule has 3 aliphatic rings. The molecule has 274 valence electrons. The van der Waals surface area contributed by atoms with Gasteiger partial charge in [0, 0.05) is 85.6 Å². The molecule has 4 amide bonds. The lowest BCUT2D eigenvalue weighted by molar-refractivity contribution is -0.141. The third-order valence-electron chi connectivity index (χ3n) is 10.6. The van der Waals surface area contributed by atoms with Crippen LogP contribution in [-0.4, -0.2) is 81.8 Å². The highest BCUT2D eigenvalue weighted by Gasteiger charge is 2.33. The molecule has 2 aromatic carbocycles. The monoisotopic (exact) mass is 725 g/mol. The van der Waals surface area contributed by atoms with Crippen molar-refractivity contribution in [3.05, 3.63) is 84.6 Å². The topological polar surface area (TPSA) is 129 Å². The minimum atomic E-state index is -4.63. The molecule has 53 heavy (non-hydrogen) atoms. The Labute approximate surface area is 303 Å². The van der Waals surface area contributed by atoms with Gasteiger partial charge in [-0.05, 0) is 74.1 Å². The van der Waals surface area contributed by atoms with Gasteiger partial charge in [0.2, 0.25) is 5.91 Å². The smallest absolute Gasteiger partial charge is 0.369 e. The van der Waals surface area contributed by atoms with Gasteiger partial charge in [-0.25, -0.2) is 9.78 Å². The molecule has 2 saturated heterocycles. The molecule has 2 aliphatic heterocycles. The number of carbonyl (C=O) groups is 3. The minimum Gasteiger partial charge on any atom is -0.369 e. The van der Waals surface area contributed by atoms with E-state index < -0.39 is 23.8 Å². The number of rotatable bonds is 7. The molecule has 1 aliphatic carbocycles. The first-order valence-corrected chi connectivity index (χ1v) is 17.9. The number of imide groups is 1. The number of piperazine rings is 1. The van der Waals surface area contributed by atoms with E-state index in [2.05, 4.69) is 42.5 Å². The SMILES string of the molecule is O=C1CCN(c2cncc3cc(N4CCN(CC5CCC(n6cc7cc(NC(=O)c8cccc(C(F)(F)F)n8)ccc7n6)CC5)CC4)ccc23)C(=O)N1. The molecule has 5 aromatic rings. The summed E-state index contributed by atoms with van der Waals surface area (Å²) < 4.78 is 41.2. The number of benzene rings is 2. The van der Waals surface area contributed by atoms with Gasteiger partial charge in [0.25, 0.3) is 5.91 Å². The molecule has 5 heterocycles. The van der Waals surface area contributed by atoms with E-state index in [1.807, 2.05) is 23.1 Å². The summed E-state index contributed by atoms with van der Waals surface area (Å²) in [5.41, 5.74) is 1.66. The molecular formula is C38H38F3N9O3. The van der Waals surface area contributed by atoms with Crippen LogP contribution in [0.4, 0.5) is 35.0 Å². The lowest BCUT2D eigenvalue weighted by Crippen LogP contribution is -2.49. The van der Waals surface area contributed by atoms with Crippen molar-refractivity contribution in [1.29, 1.82) is 0 Å². The Morgan fingerprint density at radius 2 is 1.72 bits per heavy atom. The summed E-state index contributed by atoms with van der Waals surface area (Å²) in [6.45, 7) is 5.19. The van der Waals surface area contributed by atoms with E-state index >= 15 is 0 Å². The number of hydrogen-bond donors (Lipinski definition) is 2. The molecule has 0 atom stereocenters. The molecule has 0 spiro atoms. The van der Waals surface area contributed by atoms with Crippen molar-refractivity contribution in [2.45, 2.75) is 44.3 Å². The highest BCUT2D eigenvalue weighted by molar-refractivity contribution is 6.10. The number of nitrogens with one attached hydrogen (secondary N) is 2. The summed E-state index contributed by atoms with van der Waals surface area (Å²) in [5.74, 6) is -0.363. The molecule has 0 unspecified atom stereocenters. The molecule has 0 bridgehead atoms. The largest absolute Gasteiger partial charge is 0.433 e. The van der Waals surface area contributed by atoms with Crippen molar-refractivity contribution in [1.82, 2.24) is 30.0 Å². The molecule has 12 nitrogen and oxygen atoms in total. The number of halogens is 3. The Kier molecular flexibility index (Phi) is 9.18. The summed E-state index contributed by atoms with van der Waals surface area (Å²) in [6, 6.07) is 14.7. The van der Waals surface area contributed by atoms with Gasteiger partial charge in [-0.3, -0.25) is 34.4 Å². The van der Waals surface area contributed by atoms with Crippen LogP contribution in [0.5, 0.6) is 0 Å². The van der Waals surface area contributed by atoms with E-state index in [0.29, 0.717) is 23.8 Å². The number of hydrogen-bond acceptors (Lipinski definition) is 8. The predicted octanol–water partition coefficient (Wildman–Crippen LogP) is 6.25. The van der Waals surface area contributed by atoms with Crippen LogP contribution < -0.4 is 20.4 Å². The number of carbonyl (C=O) groups excluding carboxylic acids is 3. The van der Waals surface area contributed by atoms with Gasteiger partial charge in [-0.2, -0.15) is 18.3 Å². The third-order valence-corrected chi connectivity index (χ3v) is 10.6. The van der Waals surface area contributed by atoms with Crippen LogP contribution in [0.2, 0.25) is 0 Å².